The van der Waals surface area contributed by atoms with Crippen LogP contribution in [0.5, 0.6) is 0 Å². The van der Waals surface area contributed by atoms with Gasteiger partial charge < -0.3 is 14.9 Å². The van der Waals surface area contributed by atoms with Gasteiger partial charge in [-0.2, -0.15) is 0 Å². The van der Waals surface area contributed by atoms with Crippen molar-refractivity contribution in [2.75, 3.05) is 12.4 Å². The Labute approximate surface area is 277 Å². The number of hydrogen-bond donors (Lipinski definition) is 1. The van der Waals surface area contributed by atoms with Crippen molar-refractivity contribution in [1.29, 1.82) is 0 Å². The molecular formula is C39H31N3O4S. The maximum atomic E-state index is 13.5. The molecule has 0 atom stereocenters. The molecule has 0 spiro atoms. The van der Waals surface area contributed by atoms with E-state index in [-0.39, 0.29) is 11.4 Å². The summed E-state index contributed by atoms with van der Waals surface area (Å²) in [5.41, 5.74) is 1.63. The molecule has 0 aliphatic rings. The third-order valence-electron chi connectivity index (χ3n) is 7.91. The van der Waals surface area contributed by atoms with E-state index in [0.29, 0.717) is 22.5 Å². The minimum Gasteiger partial charge on any atom is -0.465 e. The lowest BCUT2D eigenvalue weighted by atomic mass is 9.77. The SMILES string of the molecule is COC(=O)C(ON=C(C=O)c1csc(NC(c2ccccc2)(c2ccccc2)c2ccccc2)n1)(c1ccccc1)c1ccccc1. The monoisotopic (exact) mass is 637 g/mol. The van der Waals surface area contributed by atoms with Crippen molar-refractivity contribution in [3.63, 3.8) is 0 Å². The summed E-state index contributed by atoms with van der Waals surface area (Å²) in [5.74, 6) is -0.692. The van der Waals surface area contributed by atoms with E-state index in [1.54, 1.807) is 53.9 Å². The number of carbonyl (C=O) groups is 2. The van der Waals surface area contributed by atoms with E-state index < -0.39 is 17.1 Å². The second-order valence-corrected chi connectivity index (χ2v) is 11.5. The average Bonchev–Trinajstić information content (AvgIpc) is 3.62. The van der Waals surface area contributed by atoms with Gasteiger partial charge >= 0.3 is 5.97 Å². The van der Waals surface area contributed by atoms with Crippen LogP contribution in [0.15, 0.2) is 162 Å². The van der Waals surface area contributed by atoms with Crippen molar-refractivity contribution in [3.8, 4) is 0 Å². The van der Waals surface area contributed by atoms with Crippen LogP contribution in [0.4, 0.5) is 5.13 Å². The number of oxime groups is 1. The molecular weight excluding hydrogens is 607 g/mol. The molecule has 1 N–H and O–H groups in total. The van der Waals surface area contributed by atoms with E-state index in [1.807, 2.05) is 66.7 Å². The maximum absolute atomic E-state index is 13.5. The first-order valence-corrected chi connectivity index (χ1v) is 15.8. The van der Waals surface area contributed by atoms with Gasteiger partial charge in [-0.05, 0) is 16.7 Å². The normalized spacial score (nSPS) is 11.8. The van der Waals surface area contributed by atoms with Gasteiger partial charge in [0.1, 0.15) is 11.2 Å². The van der Waals surface area contributed by atoms with Gasteiger partial charge in [-0.3, -0.25) is 4.79 Å². The third kappa shape index (κ3) is 6.06. The number of nitrogens with one attached hydrogen (secondary N) is 1. The zero-order valence-electron chi connectivity index (χ0n) is 25.5. The Kier molecular flexibility index (Phi) is 9.31. The summed E-state index contributed by atoms with van der Waals surface area (Å²) < 4.78 is 5.24. The van der Waals surface area contributed by atoms with Crippen molar-refractivity contribution >= 4 is 34.4 Å². The lowest BCUT2D eigenvalue weighted by molar-refractivity contribution is -0.165. The highest BCUT2D eigenvalue weighted by Crippen LogP contribution is 2.41. The smallest absolute Gasteiger partial charge is 0.362 e. The highest BCUT2D eigenvalue weighted by molar-refractivity contribution is 7.14. The zero-order chi connectivity index (χ0) is 32.5. The van der Waals surface area contributed by atoms with Gasteiger partial charge in [0.25, 0.3) is 5.60 Å². The van der Waals surface area contributed by atoms with Gasteiger partial charge in [0, 0.05) is 16.5 Å². The largest absolute Gasteiger partial charge is 0.465 e. The lowest BCUT2D eigenvalue weighted by Gasteiger charge is -2.36. The molecule has 0 aliphatic carbocycles. The molecule has 0 bridgehead atoms. The van der Waals surface area contributed by atoms with Crippen LogP contribution >= 0.6 is 11.3 Å². The Morgan fingerprint density at radius 3 is 1.47 bits per heavy atom. The van der Waals surface area contributed by atoms with Gasteiger partial charge in [-0.25, -0.2) is 9.78 Å². The van der Waals surface area contributed by atoms with Crippen LogP contribution in [0.2, 0.25) is 0 Å². The summed E-state index contributed by atoms with van der Waals surface area (Å²) >= 11 is 1.33. The summed E-state index contributed by atoms with van der Waals surface area (Å²) in [4.78, 5) is 36.9. The van der Waals surface area contributed by atoms with E-state index in [1.165, 1.54) is 18.4 Å². The number of benzene rings is 5. The second kappa shape index (κ2) is 14.1. The van der Waals surface area contributed by atoms with Gasteiger partial charge in [-0.15, -0.1) is 11.3 Å². The van der Waals surface area contributed by atoms with Crippen molar-refractivity contribution < 1.29 is 19.2 Å². The fourth-order valence-corrected chi connectivity index (χ4v) is 6.43. The van der Waals surface area contributed by atoms with Gasteiger partial charge in [0.05, 0.1) is 7.11 Å². The molecule has 7 nitrogen and oxygen atoms in total. The molecule has 0 amide bonds. The number of hydrogen-bond acceptors (Lipinski definition) is 8. The van der Waals surface area contributed by atoms with Crippen LogP contribution in [0, 0.1) is 0 Å². The number of carbonyl (C=O) groups excluding carboxylic acids is 2. The van der Waals surface area contributed by atoms with Crippen LogP contribution in [-0.2, 0) is 30.3 Å². The molecule has 0 radical (unpaired) electrons. The summed E-state index contributed by atoms with van der Waals surface area (Å²) in [5, 5.41) is 10.3. The number of rotatable bonds is 12. The lowest BCUT2D eigenvalue weighted by Crippen LogP contribution is -2.40. The quantitative estimate of drug-likeness (QED) is 0.0489. The van der Waals surface area contributed by atoms with Gasteiger partial charge in [0.2, 0.25) is 0 Å². The summed E-state index contributed by atoms with van der Waals surface area (Å²) in [7, 11) is 1.29. The average molecular weight is 638 g/mol. The molecule has 6 rings (SSSR count). The molecule has 1 heterocycles. The van der Waals surface area contributed by atoms with Crippen molar-refractivity contribution in [2.24, 2.45) is 5.16 Å². The van der Waals surface area contributed by atoms with E-state index in [9.17, 15) is 9.59 Å². The van der Waals surface area contributed by atoms with Gasteiger partial charge in [0.15, 0.2) is 17.1 Å². The Balaban J connectivity index is 1.43. The zero-order valence-corrected chi connectivity index (χ0v) is 26.3. The minimum atomic E-state index is -1.77. The molecule has 0 aliphatic heterocycles. The molecule has 8 heteroatoms. The van der Waals surface area contributed by atoms with Crippen LogP contribution < -0.4 is 5.32 Å². The van der Waals surface area contributed by atoms with Crippen molar-refractivity contribution in [3.05, 3.63) is 191 Å². The molecule has 6 aromatic rings. The molecule has 232 valence electrons. The first kappa shape index (κ1) is 31.1. The highest BCUT2D eigenvalue weighted by Gasteiger charge is 2.47. The predicted octanol–water partition coefficient (Wildman–Crippen LogP) is 7.58. The maximum Gasteiger partial charge on any atom is 0.362 e. The number of aromatic nitrogens is 1. The number of anilines is 1. The van der Waals surface area contributed by atoms with Gasteiger partial charge in [-0.1, -0.05) is 157 Å². The standard InChI is InChI=1S/C39H31N3O4S/c1-45-36(44)39(32-23-13-5-14-24-32,33-25-15-6-16-26-33)46-42-34(27-43)35-28-47-37(40-35)41-38(29-17-7-2-8-18-29,30-19-9-3-10-20-30)31-21-11-4-12-22-31/h2-28H,1H3,(H,40,41). The van der Waals surface area contributed by atoms with E-state index in [4.69, 9.17) is 14.6 Å². The molecule has 0 saturated heterocycles. The predicted molar refractivity (Wildman–Crippen MR) is 184 cm³/mol. The molecule has 5 aromatic carbocycles. The minimum absolute atomic E-state index is 0.0841. The summed E-state index contributed by atoms with van der Waals surface area (Å²) in [6.45, 7) is 0. The number of ether oxygens (including phenoxy) is 1. The molecule has 0 unspecified atom stereocenters. The number of esters is 1. The second-order valence-electron chi connectivity index (χ2n) is 10.6. The Morgan fingerprint density at radius 2 is 1.09 bits per heavy atom. The highest BCUT2D eigenvalue weighted by atomic mass is 32.1. The van der Waals surface area contributed by atoms with Crippen LogP contribution in [0.3, 0.4) is 0 Å². The summed E-state index contributed by atoms with van der Waals surface area (Å²) in [6.07, 6.45) is 0.565. The Morgan fingerprint density at radius 1 is 0.681 bits per heavy atom. The number of aldehydes is 1. The fraction of sp³-hybridized carbons (Fsp3) is 0.0769. The van der Waals surface area contributed by atoms with Crippen LogP contribution in [0.25, 0.3) is 0 Å². The summed E-state index contributed by atoms with van der Waals surface area (Å²) in [6, 6.07) is 48.3. The van der Waals surface area contributed by atoms with E-state index in [0.717, 1.165) is 16.7 Å². The first-order chi connectivity index (χ1) is 23.1. The van der Waals surface area contributed by atoms with Crippen LogP contribution in [-0.4, -0.2) is 30.1 Å². The number of nitrogens with zero attached hydrogens (tertiary/aromatic N) is 2. The first-order valence-electron chi connectivity index (χ1n) is 14.9. The molecule has 1 aromatic heterocycles. The third-order valence-corrected chi connectivity index (χ3v) is 8.67. The molecule has 0 fully saturated rings. The Hall–Kier alpha value is -5.86. The fourth-order valence-electron chi connectivity index (χ4n) is 5.67. The number of methoxy groups -OCH3 is 1. The van der Waals surface area contributed by atoms with E-state index in [2.05, 4.69) is 46.9 Å². The Bertz CT molecular complexity index is 1810. The van der Waals surface area contributed by atoms with E-state index >= 15 is 0 Å². The molecule has 0 saturated carbocycles. The molecule has 47 heavy (non-hydrogen) atoms. The van der Waals surface area contributed by atoms with Crippen molar-refractivity contribution in [1.82, 2.24) is 4.98 Å². The topological polar surface area (TPSA) is 89.9 Å². The number of thiazole rings is 1. The van der Waals surface area contributed by atoms with Crippen LogP contribution in [0.1, 0.15) is 33.5 Å². The van der Waals surface area contributed by atoms with Crippen molar-refractivity contribution in [2.45, 2.75) is 11.1 Å².